The van der Waals surface area contributed by atoms with E-state index >= 15 is 0 Å². The van der Waals surface area contributed by atoms with Crippen LogP contribution < -0.4 is 21.3 Å². The van der Waals surface area contributed by atoms with Crippen molar-refractivity contribution < 1.29 is 9.53 Å². The van der Waals surface area contributed by atoms with Gasteiger partial charge in [-0.1, -0.05) is 18.2 Å². The van der Waals surface area contributed by atoms with E-state index in [-0.39, 0.29) is 5.91 Å². The number of hydrogen-bond acceptors (Lipinski definition) is 5. The summed E-state index contributed by atoms with van der Waals surface area (Å²) in [5, 5.41) is 2.81. The fourth-order valence-corrected chi connectivity index (χ4v) is 2.94. The predicted molar refractivity (Wildman–Crippen MR) is 104 cm³/mol. The molecule has 28 heavy (non-hydrogen) atoms. The quantitative estimate of drug-likeness (QED) is 0.566. The molecule has 0 aliphatic heterocycles. The molecule has 9 nitrogen and oxygen atoms in total. The number of nitrogens with zero attached hydrogens (tertiary/aromatic N) is 4. The average molecular weight is 385 g/mol. The van der Waals surface area contributed by atoms with E-state index in [0.717, 1.165) is 10.3 Å². The summed E-state index contributed by atoms with van der Waals surface area (Å²) in [7, 11) is 3.01. The molecule has 1 amide bonds. The number of nitrogens with one attached hydrogen (secondary N) is 1. The van der Waals surface area contributed by atoms with Crippen molar-refractivity contribution in [2.24, 2.45) is 14.1 Å². The first-order chi connectivity index (χ1) is 13.5. The van der Waals surface area contributed by atoms with Gasteiger partial charge in [-0.25, -0.2) is 9.78 Å². The van der Waals surface area contributed by atoms with Crippen molar-refractivity contribution in [2.45, 2.75) is 19.4 Å². The van der Waals surface area contributed by atoms with Crippen molar-refractivity contribution in [3.63, 3.8) is 0 Å². The van der Waals surface area contributed by atoms with E-state index in [9.17, 15) is 14.4 Å². The molecule has 2 aromatic heterocycles. The lowest BCUT2D eigenvalue weighted by Gasteiger charge is -2.08. The minimum Gasteiger partial charge on any atom is -0.492 e. The number of fused-ring (bicyclic) bond motifs is 1. The van der Waals surface area contributed by atoms with Gasteiger partial charge in [-0.15, -0.1) is 0 Å². The molecular weight excluding hydrogens is 362 g/mol. The lowest BCUT2D eigenvalue weighted by molar-refractivity contribution is -0.121. The Morgan fingerprint density at radius 1 is 1.14 bits per heavy atom. The van der Waals surface area contributed by atoms with Gasteiger partial charge in [0, 0.05) is 27.1 Å². The number of para-hydroxylation sites is 1. The molecule has 3 rings (SSSR count). The van der Waals surface area contributed by atoms with Crippen molar-refractivity contribution in [3.05, 3.63) is 57.5 Å². The number of carbonyl (C=O) groups is 1. The van der Waals surface area contributed by atoms with Gasteiger partial charge >= 0.3 is 5.69 Å². The normalized spacial score (nSPS) is 10.9. The first-order valence-corrected chi connectivity index (χ1v) is 9.04. The Hall–Kier alpha value is -3.36. The molecule has 0 aliphatic carbocycles. The van der Waals surface area contributed by atoms with Gasteiger partial charge in [0.25, 0.3) is 5.56 Å². The molecule has 0 aliphatic rings. The van der Waals surface area contributed by atoms with E-state index in [0.29, 0.717) is 43.7 Å². The first kappa shape index (κ1) is 19.4. The van der Waals surface area contributed by atoms with E-state index in [1.807, 2.05) is 30.3 Å². The molecule has 1 N–H and O–H groups in total. The maximum atomic E-state index is 12.4. The summed E-state index contributed by atoms with van der Waals surface area (Å²) >= 11 is 0. The van der Waals surface area contributed by atoms with Gasteiger partial charge in [-0.3, -0.25) is 18.7 Å². The molecule has 0 fully saturated rings. The number of aromatic nitrogens is 4. The summed E-state index contributed by atoms with van der Waals surface area (Å²) in [6.07, 6.45) is 2.39. The Labute approximate surface area is 161 Å². The van der Waals surface area contributed by atoms with E-state index in [1.165, 1.54) is 17.9 Å². The average Bonchev–Trinajstić information content (AvgIpc) is 3.13. The smallest absolute Gasteiger partial charge is 0.332 e. The van der Waals surface area contributed by atoms with Crippen LogP contribution in [-0.2, 0) is 25.4 Å². The van der Waals surface area contributed by atoms with Crippen LogP contribution in [0.2, 0.25) is 0 Å². The molecule has 0 saturated carbocycles. The highest BCUT2D eigenvalue weighted by Gasteiger charge is 2.14. The zero-order valence-electron chi connectivity index (χ0n) is 15.9. The van der Waals surface area contributed by atoms with Crippen LogP contribution in [-0.4, -0.2) is 37.7 Å². The van der Waals surface area contributed by atoms with Crippen LogP contribution in [0.15, 0.2) is 46.2 Å². The molecule has 148 valence electrons. The third-order valence-corrected chi connectivity index (χ3v) is 4.46. The van der Waals surface area contributed by atoms with E-state index in [1.54, 1.807) is 11.6 Å². The Morgan fingerprint density at radius 2 is 1.89 bits per heavy atom. The Bertz CT molecular complexity index is 1080. The van der Waals surface area contributed by atoms with Gasteiger partial charge in [0.2, 0.25) is 5.91 Å². The number of benzene rings is 1. The predicted octanol–water partition coefficient (Wildman–Crippen LogP) is 0.409. The summed E-state index contributed by atoms with van der Waals surface area (Å²) < 4.78 is 9.60. The van der Waals surface area contributed by atoms with Gasteiger partial charge in [-0.05, 0) is 18.6 Å². The second-order valence-electron chi connectivity index (χ2n) is 6.43. The number of ether oxygens (including phenoxy) is 1. The maximum Gasteiger partial charge on any atom is 0.332 e. The maximum absolute atomic E-state index is 12.4. The molecule has 9 heteroatoms. The van der Waals surface area contributed by atoms with Gasteiger partial charge in [-0.2, -0.15) is 0 Å². The topological polar surface area (TPSA) is 100 Å². The van der Waals surface area contributed by atoms with E-state index in [2.05, 4.69) is 10.3 Å². The van der Waals surface area contributed by atoms with Crippen LogP contribution in [0, 0.1) is 0 Å². The van der Waals surface area contributed by atoms with E-state index < -0.39 is 11.2 Å². The number of imidazole rings is 1. The van der Waals surface area contributed by atoms with Gasteiger partial charge in [0.05, 0.1) is 12.9 Å². The zero-order chi connectivity index (χ0) is 20.1. The van der Waals surface area contributed by atoms with Gasteiger partial charge in [0.15, 0.2) is 11.2 Å². The van der Waals surface area contributed by atoms with Gasteiger partial charge in [0.1, 0.15) is 12.4 Å². The second-order valence-corrected chi connectivity index (χ2v) is 6.43. The minimum absolute atomic E-state index is 0.0821. The van der Waals surface area contributed by atoms with Crippen LogP contribution in [0.5, 0.6) is 5.75 Å². The van der Waals surface area contributed by atoms with E-state index in [4.69, 9.17) is 4.74 Å². The lowest BCUT2D eigenvalue weighted by Crippen LogP contribution is -2.37. The molecule has 0 spiro atoms. The molecule has 0 radical (unpaired) electrons. The van der Waals surface area contributed by atoms with Crippen molar-refractivity contribution >= 4 is 17.1 Å². The molecule has 2 heterocycles. The van der Waals surface area contributed by atoms with Crippen LogP contribution in [0.4, 0.5) is 0 Å². The van der Waals surface area contributed by atoms with Crippen molar-refractivity contribution in [1.82, 2.24) is 24.0 Å². The van der Waals surface area contributed by atoms with Crippen LogP contribution in [0.3, 0.4) is 0 Å². The monoisotopic (exact) mass is 385 g/mol. The molecular formula is C19H23N5O4. The number of hydrogen-bond donors (Lipinski definition) is 1. The third kappa shape index (κ3) is 4.13. The van der Waals surface area contributed by atoms with Crippen LogP contribution in [0.25, 0.3) is 11.2 Å². The SMILES string of the molecule is Cn1c(=O)c2c(ncn2CCCC(=O)NCCOc2ccccc2)n(C)c1=O. The van der Waals surface area contributed by atoms with Crippen molar-refractivity contribution in [1.29, 1.82) is 0 Å². The third-order valence-electron chi connectivity index (χ3n) is 4.46. The molecule has 1 aromatic carbocycles. The van der Waals surface area contributed by atoms with Crippen molar-refractivity contribution in [3.8, 4) is 5.75 Å². The summed E-state index contributed by atoms with van der Waals surface area (Å²) in [5.41, 5.74) is -0.102. The van der Waals surface area contributed by atoms with Crippen LogP contribution in [0.1, 0.15) is 12.8 Å². The summed E-state index contributed by atoms with van der Waals surface area (Å²) in [6.45, 7) is 1.27. The van der Waals surface area contributed by atoms with Gasteiger partial charge < -0.3 is 14.6 Å². The molecule has 0 bridgehead atoms. The van der Waals surface area contributed by atoms with Crippen LogP contribution >= 0.6 is 0 Å². The lowest BCUT2D eigenvalue weighted by atomic mass is 10.3. The molecule has 0 unspecified atom stereocenters. The highest BCUT2D eigenvalue weighted by Crippen LogP contribution is 2.08. The summed E-state index contributed by atoms with van der Waals surface area (Å²) in [6, 6.07) is 9.40. The fourth-order valence-electron chi connectivity index (χ4n) is 2.94. The fraction of sp³-hybridized carbons (Fsp3) is 0.368. The Morgan fingerprint density at radius 3 is 2.64 bits per heavy atom. The Kier molecular flexibility index (Phi) is 5.93. The largest absolute Gasteiger partial charge is 0.492 e. The number of amides is 1. The molecule has 3 aromatic rings. The minimum atomic E-state index is -0.417. The summed E-state index contributed by atoms with van der Waals surface area (Å²) in [5.74, 6) is 0.682. The second kappa shape index (κ2) is 8.55. The summed E-state index contributed by atoms with van der Waals surface area (Å²) in [4.78, 5) is 40.4. The van der Waals surface area contributed by atoms with Crippen molar-refractivity contribution in [2.75, 3.05) is 13.2 Å². The molecule has 0 saturated heterocycles. The standard InChI is InChI=1S/C19H23N5O4/c1-22-17-16(18(26)23(2)19(22)27)24(13-21-17)11-6-9-15(25)20-10-12-28-14-7-4-3-5-8-14/h3-5,7-8,13H,6,9-12H2,1-2H3,(H,20,25). The highest BCUT2D eigenvalue weighted by atomic mass is 16.5. The highest BCUT2D eigenvalue weighted by molar-refractivity contribution is 5.75. The number of carbonyl (C=O) groups excluding carboxylic acids is 1. The number of aryl methyl sites for hydroxylation is 2. The first-order valence-electron chi connectivity index (χ1n) is 9.04. The zero-order valence-corrected chi connectivity index (χ0v) is 15.9. The molecule has 0 atom stereocenters. The number of rotatable bonds is 8. The Balaban J connectivity index is 1.49.